The lowest BCUT2D eigenvalue weighted by molar-refractivity contribution is -0.137. The molecule has 0 bridgehead atoms. The SMILES string of the molecule is COC(C)(C)CCNc1cc(C(F)(F)F)ccc1Cl. The molecule has 0 saturated heterocycles. The van der Waals surface area contributed by atoms with Crippen LogP contribution in [0.2, 0.25) is 5.02 Å². The third-order valence-corrected chi connectivity index (χ3v) is 3.22. The molecule has 1 N–H and O–H groups in total. The number of hydrogen-bond donors (Lipinski definition) is 1. The maximum absolute atomic E-state index is 12.6. The van der Waals surface area contributed by atoms with Crippen LogP contribution in [0.5, 0.6) is 0 Å². The van der Waals surface area contributed by atoms with Gasteiger partial charge >= 0.3 is 6.18 Å². The molecule has 1 rings (SSSR count). The van der Waals surface area contributed by atoms with Crippen LogP contribution >= 0.6 is 11.6 Å². The number of hydrogen-bond acceptors (Lipinski definition) is 2. The van der Waals surface area contributed by atoms with Crippen LogP contribution in [0.1, 0.15) is 25.8 Å². The zero-order valence-electron chi connectivity index (χ0n) is 11.1. The van der Waals surface area contributed by atoms with Gasteiger partial charge in [-0.2, -0.15) is 13.2 Å². The van der Waals surface area contributed by atoms with Crippen molar-refractivity contribution in [1.29, 1.82) is 0 Å². The predicted molar refractivity (Wildman–Crippen MR) is 70.6 cm³/mol. The fraction of sp³-hybridized carbons (Fsp3) is 0.538. The Morgan fingerprint density at radius 1 is 1.26 bits per heavy atom. The quantitative estimate of drug-likeness (QED) is 0.858. The van der Waals surface area contributed by atoms with Crippen molar-refractivity contribution in [3.05, 3.63) is 28.8 Å². The first-order chi connectivity index (χ1) is 8.65. The zero-order valence-corrected chi connectivity index (χ0v) is 11.8. The van der Waals surface area contributed by atoms with E-state index in [1.807, 2.05) is 13.8 Å². The van der Waals surface area contributed by atoms with Gasteiger partial charge in [-0.25, -0.2) is 0 Å². The second kappa shape index (κ2) is 6.01. The first-order valence-corrected chi connectivity index (χ1v) is 6.19. The summed E-state index contributed by atoms with van der Waals surface area (Å²) in [7, 11) is 1.59. The van der Waals surface area contributed by atoms with E-state index in [2.05, 4.69) is 5.32 Å². The lowest BCUT2D eigenvalue weighted by Crippen LogP contribution is -2.25. The van der Waals surface area contributed by atoms with Crippen LogP contribution in [0, 0.1) is 0 Å². The van der Waals surface area contributed by atoms with Gasteiger partial charge in [0.05, 0.1) is 21.9 Å². The molecule has 0 unspecified atom stereocenters. The fourth-order valence-electron chi connectivity index (χ4n) is 1.44. The Bertz CT molecular complexity index is 432. The molecule has 0 aliphatic heterocycles. The molecule has 2 nitrogen and oxygen atoms in total. The van der Waals surface area contributed by atoms with Crippen molar-refractivity contribution in [3.63, 3.8) is 0 Å². The third kappa shape index (κ3) is 4.91. The zero-order chi connectivity index (χ0) is 14.7. The average molecular weight is 296 g/mol. The Morgan fingerprint density at radius 2 is 1.89 bits per heavy atom. The van der Waals surface area contributed by atoms with Gasteiger partial charge in [0.2, 0.25) is 0 Å². The first kappa shape index (κ1) is 16.1. The van der Waals surface area contributed by atoms with Gasteiger partial charge in [0.25, 0.3) is 0 Å². The Balaban J connectivity index is 2.73. The minimum absolute atomic E-state index is 0.267. The summed E-state index contributed by atoms with van der Waals surface area (Å²) < 4.78 is 43.0. The van der Waals surface area contributed by atoms with Crippen molar-refractivity contribution in [2.45, 2.75) is 32.0 Å². The average Bonchev–Trinajstić information content (AvgIpc) is 2.30. The lowest BCUT2D eigenvalue weighted by Gasteiger charge is -2.23. The molecule has 0 heterocycles. The van der Waals surface area contributed by atoms with Crippen LogP contribution < -0.4 is 5.32 Å². The summed E-state index contributed by atoms with van der Waals surface area (Å²) in [6.45, 7) is 4.28. The lowest BCUT2D eigenvalue weighted by atomic mass is 10.1. The number of anilines is 1. The standard InChI is InChI=1S/C13H17ClF3NO/c1-12(2,19-3)6-7-18-11-8-9(13(15,16)17)4-5-10(11)14/h4-5,8,18H,6-7H2,1-3H3. The molecule has 0 saturated carbocycles. The molecule has 0 aromatic heterocycles. The van der Waals surface area contributed by atoms with E-state index in [9.17, 15) is 13.2 Å². The fourth-order valence-corrected chi connectivity index (χ4v) is 1.62. The van der Waals surface area contributed by atoms with Crippen LogP contribution in [0.25, 0.3) is 0 Å². The van der Waals surface area contributed by atoms with Crippen molar-refractivity contribution < 1.29 is 17.9 Å². The van der Waals surface area contributed by atoms with Gasteiger partial charge in [-0.3, -0.25) is 0 Å². The number of halogens is 4. The highest BCUT2D eigenvalue weighted by atomic mass is 35.5. The highest BCUT2D eigenvalue weighted by molar-refractivity contribution is 6.33. The normalized spacial score (nSPS) is 12.6. The highest BCUT2D eigenvalue weighted by Crippen LogP contribution is 2.33. The van der Waals surface area contributed by atoms with Crippen LogP contribution in [0.3, 0.4) is 0 Å². The van der Waals surface area contributed by atoms with Gasteiger partial charge in [-0.1, -0.05) is 11.6 Å². The summed E-state index contributed by atoms with van der Waals surface area (Å²) in [4.78, 5) is 0. The van der Waals surface area contributed by atoms with E-state index in [4.69, 9.17) is 16.3 Å². The second-order valence-electron chi connectivity index (χ2n) is 4.83. The molecule has 1 aromatic rings. The number of alkyl halides is 3. The van der Waals surface area contributed by atoms with Gasteiger partial charge in [-0.15, -0.1) is 0 Å². The van der Waals surface area contributed by atoms with Crippen LogP contribution in [-0.4, -0.2) is 19.3 Å². The number of methoxy groups -OCH3 is 1. The van der Waals surface area contributed by atoms with Crippen LogP contribution in [-0.2, 0) is 10.9 Å². The second-order valence-corrected chi connectivity index (χ2v) is 5.24. The Labute approximate surface area is 115 Å². The largest absolute Gasteiger partial charge is 0.416 e. The van der Waals surface area contributed by atoms with E-state index in [0.717, 1.165) is 12.1 Å². The Kier molecular flexibility index (Phi) is 5.10. The number of ether oxygens (including phenoxy) is 1. The summed E-state index contributed by atoms with van der Waals surface area (Å²) in [5.41, 5.74) is -0.769. The van der Waals surface area contributed by atoms with Gasteiger partial charge in [0, 0.05) is 13.7 Å². The molecular formula is C13H17ClF3NO. The van der Waals surface area contributed by atoms with Crippen molar-refractivity contribution in [2.24, 2.45) is 0 Å². The smallest absolute Gasteiger partial charge is 0.384 e. The molecule has 0 atom stereocenters. The van der Waals surface area contributed by atoms with E-state index in [1.54, 1.807) is 7.11 Å². The van der Waals surface area contributed by atoms with E-state index in [1.165, 1.54) is 6.07 Å². The molecule has 0 radical (unpaired) electrons. The Morgan fingerprint density at radius 3 is 2.42 bits per heavy atom. The minimum Gasteiger partial charge on any atom is -0.384 e. The predicted octanol–water partition coefficient (Wildman–Crippen LogP) is 4.59. The van der Waals surface area contributed by atoms with Crippen LogP contribution in [0.15, 0.2) is 18.2 Å². The number of nitrogens with one attached hydrogen (secondary N) is 1. The van der Waals surface area contributed by atoms with Gasteiger partial charge in [-0.05, 0) is 38.5 Å². The molecular weight excluding hydrogens is 279 g/mol. The number of rotatable bonds is 5. The molecule has 19 heavy (non-hydrogen) atoms. The molecule has 0 aliphatic carbocycles. The van der Waals surface area contributed by atoms with Crippen molar-refractivity contribution in [2.75, 3.05) is 19.0 Å². The van der Waals surface area contributed by atoms with E-state index in [0.29, 0.717) is 13.0 Å². The minimum atomic E-state index is -4.37. The molecule has 6 heteroatoms. The molecule has 0 amide bonds. The van der Waals surface area contributed by atoms with E-state index < -0.39 is 11.7 Å². The van der Waals surface area contributed by atoms with E-state index in [-0.39, 0.29) is 16.3 Å². The first-order valence-electron chi connectivity index (χ1n) is 5.81. The van der Waals surface area contributed by atoms with Gasteiger partial charge in [0.15, 0.2) is 0 Å². The summed E-state index contributed by atoms with van der Waals surface area (Å²) in [5, 5.41) is 3.17. The highest BCUT2D eigenvalue weighted by Gasteiger charge is 2.31. The number of benzene rings is 1. The molecule has 108 valence electrons. The van der Waals surface area contributed by atoms with E-state index >= 15 is 0 Å². The molecule has 0 fully saturated rings. The van der Waals surface area contributed by atoms with Crippen LogP contribution in [0.4, 0.5) is 18.9 Å². The maximum Gasteiger partial charge on any atom is 0.416 e. The maximum atomic E-state index is 12.6. The third-order valence-electron chi connectivity index (χ3n) is 2.89. The summed E-state index contributed by atoms with van der Waals surface area (Å²) in [6, 6.07) is 3.23. The van der Waals surface area contributed by atoms with Gasteiger partial charge in [0.1, 0.15) is 0 Å². The molecule has 1 aromatic carbocycles. The molecule has 0 spiro atoms. The summed E-state index contributed by atoms with van der Waals surface area (Å²) >= 11 is 5.87. The Hall–Kier alpha value is -0.940. The summed E-state index contributed by atoms with van der Waals surface area (Å²) in [6.07, 6.45) is -3.72. The van der Waals surface area contributed by atoms with Crippen molar-refractivity contribution >= 4 is 17.3 Å². The molecule has 0 aliphatic rings. The monoisotopic (exact) mass is 295 g/mol. The topological polar surface area (TPSA) is 21.3 Å². The van der Waals surface area contributed by atoms with Gasteiger partial charge < -0.3 is 10.1 Å². The summed E-state index contributed by atoms with van der Waals surface area (Å²) in [5.74, 6) is 0. The van der Waals surface area contributed by atoms with Crippen molar-refractivity contribution in [3.8, 4) is 0 Å². The van der Waals surface area contributed by atoms with Crippen molar-refractivity contribution in [1.82, 2.24) is 0 Å².